The van der Waals surface area contributed by atoms with Gasteiger partial charge in [-0.2, -0.15) is 4.31 Å². The summed E-state index contributed by atoms with van der Waals surface area (Å²) in [4.78, 5) is 10.8. The molecular formula is C11H13NO5S. The SMILES string of the molecule is O=C(O)c1cc(S(=O)(=O)N2CCCC2)ccc1O. The van der Waals surface area contributed by atoms with E-state index in [-0.39, 0.29) is 4.90 Å². The molecule has 0 atom stereocenters. The van der Waals surface area contributed by atoms with Crippen LogP contribution in [-0.4, -0.2) is 42.0 Å². The molecule has 0 saturated carbocycles. The molecule has 0 aliphatic carbocycles. The summed E-state index contributed by atoms with van der Waals surface area (Å²) in [5.41, 5.74) is -0.407. The lowest BCUT2D eigenvalue weighted by molar-refractivity contribution is 0.0693. The van der Waals surface area contributed by atoms with E-state index in [4.69, 9.17) is 5.11 Å². The zero-order valence-corrected chi connectivity index (χ0v) is 10.4. The highest BCUT2D eigenvalue weighted by molar-refractivity contribution is 7.89. The Kier molecular flexibility index (Phi) is 3.27. The fourth-order valence-corrected chi connectivity index (χ4v) is 3.47. The number of aromatic carboxylic acids is 1. The maximum Gasteiger partial charge on any atom is 0.339 e. The number of rotatable bonds is 3. The van der Waals surface area contributed by atoms with Gasteiger partial charge in [-0.25, -0.2) is 13.2 Å². The Morgan fingerprint density at radius 1 is 1.22 bits per heavy atom. The van der Waals surface area contributed by atoms with E-state index in [1.807, 2.05) is 0 Å². The lowest BCUT2D eigenvalue weighted by Gasteiger charge is -2.15. The Labute approximate surface area is 105 Å². The molecule has 98 valence electrons. The maximum atomic E-state index is 12.2. The fourth-order valence-electron chi connectivity index (χ4n) is 1.92. The number of sulfonamides is 1. The topological polar surface area (TPSA) is 94.9 Å². The zero-order chi connectivity index (χ0) is 13.3. The summed E-state index contributed by atoms with van der Waals surface area (Å²) < 4.78 is 25.7. The van der Waals surface area contributed by atoms with Gasteiger partial charge < -0.3 is 10.2 Å². The summed E-state index contributed by atoms with van der Waals surface area (Å²) in [5.74, 6) is -1.80. The highest BCUT2D eigenvalue weighted by Gasteiger charge is 2.28. The van der Waals surface area contributed by atoms with E-state index in [0.717, 1.165) is 25.0 Å². The third-order valence-corrected chi connectivity index (χ3v) is 4.80. The summed E-state index contributed by atoms with van der Waals surface area (Å²) >= 11 is 0. The van der Waals surface area contributed by atoms with Gasteiger partial charge in [0.1, 0.15) is 11.3 Å². The Morgan fingerprint density at radius 2 is 1.83 bits per heavy atom. The number of carbonyl (C=O) groups is 1. The zero-order valence-electron chi connectivity index (χ0n) is 9.54. The third-order valence-electron chi connectivity index (χ3n) is 2.90. The van der Waals surface area contributed by atoms with Gasteiger partial charge in [-0.05, 0) is 31.0 Å². The molecule has 0 amide bonds. The van der Waals surface area contributed by atoms with Crippen molar-refractivity contribution in [2.75, 3.05) is 13.1 Å². The van der Waals surface area contributed by atoms with Crippen LogP contribution in [0.1, 0.15) is 23.2 Å². The predicted molar refractivity (Wildman–Crippen MR) is 63.1 cm³/mol. The Morgan fingerprint density at radius 3 is 2.39 bits per heavy atom. The first-order valence-corrected chi connectivity index (χ1v) is 6.93. The predicted octanol–water partition coefficient (Wildman–Crippen LogP) is 0.875. The van der Waals surface area contributed by atoms with Gasteiger partial charge in [-0.1, -0.05) is 0 Å². The van der Waals surface area contributed by atoms with Crippen molar-refractivity contribution >= 4 is 16.0 Å². The average molecular weight is 271 g/mol. The minimum Gasteiger partial charge on any atom is -0.507 e. The second-order valence-corrected chi connectivity index (χ2v) is 6.03. The molecule has 0 spiro atoms. The molecule has 2 rings (SSSR count). The molecule has 1 aliphatic heterocycles. The fraction of sp³-hybridized carbons (Fsp3) is 0.364. The average Bonchev–Trinajstić information content (AvgIpc) is 2.82. The molecular weight excluding hydrogens is 258 g/mol. The third kappa shape index (κ3) is 2.19. The van der Waals surface area contributed by atoms with Crippen molar-refractivity contribution < 1.29 is 23.4 Å². The van der Waals surface area contributed by atoms with Gasteiger partial charge in [0.15, 0.2) is 0 Å². The van der Waals surface area contributed by atoms with E-state index in [1.165, 1.54) is 10.4 Å². The first kappa shape index (κ1) is 12.8. The number of carboxylic acid groups (broad SMARTS) is 1. The minimum absolute atomic E-state index is 0.0976. The van der Waals surface area contributed by atoms with Gasteiger partial charge in [-0.15, -0.1) is 0 Å². The van der Waals surface area contributed by atoms with Gasteiger partial charge in [0.05, 0.1) is 4.90 Å². The number of benzene rings is 1. The van der Waals surface area contributed by atoms with Crippen LogP contribution in [0, 0.1) is 0 Å². The monoisotopic (exact) mass is 271 g/mol. The molecule has 0 aromatic heterocycles. The molecule has 6 nitrogen and oxygen atoms in total. The number of hydrogen-bond donors (Lipinski definition) is 2. The summed E-state index contributed by atoms with van der Waals surface area (Å²) in [6, 6.07) is 3.30. The molecule has 1 aliphatic rings. The summed E-state index contributed by atoms with van der Waals surface area (Å²) in [6.07, 6.45) is 1.62. The molecule has 7 heteroatoms. The van der Waals surface area contributed by atoms with Crippen molar-refractivity contribution in [3.8, 4) is 5.75 Å². The van der Waals surface area contributed by atoms with Crippen LogP contribution in [0.3, 0.4) is 0 Å². The van der Waals surface area contributed by atoms with Crippen LogP contribution in [0.5, 0.6) is 5.75 Å². The second-order valence-electron chi connectivity index (χ2n) is 4.10. The van der Waals surface area contributed by atoms with E-state index in [0.29, 0.717) is 13.1 Å². The molecule has 1 fully saturated rings. The normalized spacial score (nSPS) is 16.9. The lowest BCUT2D eigenvalue weighted by atomic mass is 10.2. The van der Waals surface area contributed by atoms with Gasteiger partial charge >= 0.3 is 5.97 Å². The molecule has 1 aromatic rings. The smallest absolute Gasteiger partial charge is 0.339 e. The van der Waals surface area contributed by atoms with Crippen LogP contribution in [-0.2, 0) is 10.0 Å². The van der Waals surface area contributed by atoms with Gasteiger partial charge in [-0.3, -0.25) is 0 Å². The molecule has 0 bridgehead atoms. The van der Waals surface area contributed by atoms with Crippen LogP contribution in [0.4, 0.5) is 0 Å². The summed E-state index contributed by atoms with van der Waals surface area (Å²) in [5, 5.41) is 18.2. The number of carboxylic acids is 1. The van der Waals surface area contributed by atoms with Crippen LogP contribution in [0.25, 0.3) is 0 Å². The first-order valence-electron chi connectivity index (χ1n) is 5.49. The van der Waals surface area contributed by atoms with Crippen LogP contribution in [0.15, 0.2) is 23.1 Å². The van der Waals surface area contributed by atoms with E-state index < -0.39 is 27.3 Å². The number of phenols is 1. The highest BCUT2D eigenvalue weighted by Crippen LogP contribution is 2.25. The van der Waals surface area contributed by atoms with E-state index in [1.54, 1.807) is 0 Å². The Balaban J connectivity index is 2.45. The molecule has 0 unspecified atom stereocenters. The van der Waals surface area contributed by atoms with E-state index in [9.17, 15) is 18.3 Å². The van der Waals surface area contributed by atoms with Gasteiger partial charge in [0.25, 0.3) is 0 Å². The van der Waals surface area contributed by atoms with Gasteiger partial charge in [0.2, 0.25) is 10.0 Å². The number of aromatic hydroxyl groups is 1. The summed E-state index contributed by atoms with van der Waals surface area (Å²) in [7, 11) is -3.65. The van der Waals surface area contributed by atoms with Crippen molar-refractivity contribution in [2.24, 2.45) is 0 Å². The number of nitrogens with zero attached hydrogens (tertiary/aromatic N) is 1. The number of hydrogen-bond acceptors (Lipinski definition) is 4. The standard InChI is InChI=1S/C11H13NO5S/c13-10-4-3-8(7-9(10)11(14)15)18(16,17)12-5-1-2-6-12/h3-4,7,13H,1-2,5-6H2,(H,14,15). The van der Waals surface area contributed by atoms with Crippen molar-refractivity contribution in [2.45, 2.75) is 17.7 Å². The molecule has 18 heavy (non-hydrogen) atoms. The quantitative estimate of drug-likeness (QED) is 0.850. The largest absolute Gasteiger partial charge is 0.507 e. The minimum atomic E-state index is -3.65. The molecule has 2 N–H and O–H groups in total. The van der Waals surface area contributed by atoms with Crippen molar-refractivity contribution in [3.63, 3.8) is 0 Å². The molecule has 1 aromatic carbocycles. The van der Waals surface area contributed by atoms with Crippen LogP contribution < -0.4 is 0 Å². The van der Waals surface area contributed by atoms with Crippen molar-refractivity contribution in [3.05, 3.63) is 23.8 Å². The van der Waals surface area contributed by atoms with E-state index >= 15 is 0 Å². The lowest BCUT2D eigenvalue weighted by Crippen LogP contribution is -2.28. The van der Waals surface area contributed by atoms with Crippen molar-refractivity contribution in [1.29, 1.82) is 0 Å². The Bertz CT molecular complexity index is 575. The maximum absolute atomic E-state index is 12.2. The van der Waals surface area contributed by atoms with Crippen LogP contribution >= 0.6 is 0 Å². The molecule has 1 heterocycles. The van der Waals surface area contributed by atoms with Gasteiger partial charge in [0, 0.05) is 13.1 Å². The van der Waals surface area contributed by atoms with Crippen LogP contribution in [0.2, 0.25) is 0 Å². The second kappa shape index (κ2) is 4.58. The van der Waals surface area contributed by atoms with Crippen molar-refractivity contribution in [1.82, 2.24) is 4.31 Å². The first-order chi connectivity index (χ1) is 8.43. The molecule has 1 saturated heterocycles. The highest BCUT2D eigenvalue weighted by atomic mass is 32.2. The molecule has 0 radical (unpaired) electrons. The van der Waals surface area contributed by atoms with E-state index in [2.05, 4.69) is 0 Å². The Hall–Kier alpha value is -1.60. The summed E-state index contributed by atoms with van der Waals surface area (Å²) in [6.45, 7) is 0.900.